The molecule has 1 aliphatic rings. The molecule has 0 aliphatic heterocycles. The molecule has 0 amide bonds. The summed E-state index contributed by atoms with van der Waals surface area (Å²) in [4.78, 5) is 5.61. The zero-order chi connectivity index (χ0) is 10.7. The first kappa shape index (κ1) is 8.90. The Bertz CT molecular complexity index is 713. The minimum atomic E-state index is 0.926. The quantitative estimate of drug-likeness (QED) is 0.498. The highest BCUT2D eigenvalue weighted by atomic mass is 79.9. The maximum Gasteiger partial charge on any atom is 0.212 e. The number of nitrogens with zero attached hydrogens (tertiary/aromatic N) is 3. The second-order valence-electron chi connectivity index (χ2n) is 3.82. The monoisotopic (exact) mass is 291 g/mol. The van der Waals surface area contributed by atoms with Crippen molar-refractivity contribution in [3.8, 4) is 11.3 Å². The summed E-state index contributed by atoms with van der Waals surface area (Å²) in [5.74, 6) is 0. The molecule has 0 bridgehead atoms. The molecule has 4 rings (SSSR count). The van der Waals surface area contributed by atoms with Crippen LogP contribution >= 0.6 is 27.3 Å². The minimum absolute atomic E-state index is 0.926. The summed E-state index contributed by atoms with van der Waals surface area (Å²) in [6.07, 6.45) is 0.926. The first-order valence-corrected chi connectivity index (χ1v) is 6.60. The van der Waals surface area contributed by atoms with Crippen molar-refractivity contribution in [3.63, 3.8) is 0 Å². The standard InChI is InChI=1S/C11H6BrN3S/c12-7-1-2-8-6(3-7)4-9-10(8)14-11-15(9)13-5-16-11/h1-3,5H,4H2. The summed E-state index contributed by atoms with van der Waals surface area (Å²) in [6, 6.07) is 6.35. The van der Waals surface area contributed by atoms with Crippen LogP contribution in [0.1, 0.15) is 11.3 Å². The van der Waals surface area contributed by atoms with E-state index in [0.29, 0.717) is 0 Å². The summed E-state index contributed by atoms with van der Waals surface area (Å²) >= 11 is 5.08. The van der Waals surface area contributed by atoms with Gasteiger partial charge in [-0.15, -0.1) is 0 Å². The van der Waals surface area contributed by atoms with Crippen molar-refractivity contribution in [2.24, 2.45) is 0 Å². The molecule has 0 saturated heterocycles. The summed E-state index contributed by atoms with van der Waals surface area (Å²) in [6.45, 7) is 0. The lowest BCUT2D eigenvalue weighted by Gasteiger charge is -1.98. The third kappa shape index (κ3) is 1.02. The van der Waals surface area contributed by atoms with Gasteiger partial charge < -0.3 is 0 Å². The lowest BCUT2D eigenvalue weighted by molar-refractivity contribution is 0.907. The van der Waals surface area contributed by atoms with E-state index in [0.717, 1.165) is 21.5 Å². The number of fused-ring (bicyclic) bond motifs is 5. The van der Waals surface area contributed by atoms with Gasteiger partial charge in [0, 0.05) is 16.5 Å². The molecule has 78 valence electrons. The van der Waals surface area contributed by atoms with Crippen LogP contribution in [-0.4, -0.2) is 14.6 Å². The molecule has 0 unspecified atom stereocenters. The number of halogens is 1. The van der Waals surface area contributed by atoms with E-state index in [2.05, 4.69) is 44.2 Å². The first-order chi connectivity index (χ1) is 7.83. The fraction of sp³-hybridized carbons (Fsp3) is 0.0909. The molecule has 2 heterocycles. The van der Waals surface area contributed by atoms with Gasteiger partial charge in [0.2, 0.25) is 4.96 Å². The molecule has 1 aromatic carbocycles. The number of hydrogen-bond acceptors (Lipinski definition) is 3. The van der Waals surface area contributed by atoms with Crippen LogP contribution in [-0.2, 0) is 6.42 Å². The van der Waals surface area contributed by atoms with Gasteiger partial charge in [-0.2, -0.15) is 5.10 Å². The maximum absolute atomic E-state index is 4.63. The molecular formula is C11H6BrN3S. The van der Waals surface area contributed by atoms with Crippen LogP contribution in [0.2, 0.25) is 0 Å². The Morgan fingerprint density at radius 1 is 1.38 bits per heavy atom. The third-order valence-electron chi connectivity index (χ3n) is 2.92. The Morgan fingerprint density at radius 3 is 3.25 bits per heavy atom. The molecule has 1 aliphatic carbocycles. The van der Waals surface area contributed by atoms with Gasteiger partial charge in [0.25, 0.3) is 0 Å². The Balaban J connectivity index is 2.07. The summed E-state index contributed by atoms with van der Waals surface area (Å²) in [5, 5.41) is 4.32. The second-order valence-corrected chi connectivity index (χ2v) is 5.55. The molecule has 2 aromatic heterocycles. The van der Waals surface area contributed by atoms with Crippen molar-refractivity contribution >= 4 is 32.2 Å². The average molecular weight is 292 g/mol. The van der Waals surface area contributed by atoms with Crippen LogP contribution in [0.15, 0.2) is 28.2 Å². The van der Waals surface area contributed by atoms with E-state index in [9.17, 15) is 0 Å². The zero-order valence-corrected chi connectivity index (χ0v) is 10.5. The lowest BCUT2D eigenvalue weighted by Crippen LogP contribution is -1.90. The summed E-state index contributed by atoms with van der Waals surface area (Å²) in [7, 11) is 0. The van der Waals surface area contributed by atoms with Crippen molar-refractivity contribution in [1.82, 2.24) is 14.6 Å². The van der Waals surface area contributed by atoms with Crippen LogP contribution in [0.4, 0.5) is 0 Å². The van der Waals surface area contributed by atoms with E-state index in [4.69, 9.17) is 0 Å². The SMILES string of the molecule is Brc1ccc2c(c1)Cc1c-2nc2scnn12. The summed E-state index contributed by atoms with van der Waals surface area (Å²) < 4.78 is 3.07. The van der Waals surface area contributed by atoms with Crippen molar-refractivity contribution in [1.29, 1.82) is 0 Å². The van der Waals surface area contributed by atoms with E-state index >= 15 is 0 Å². The van der Waals surface area contributed by atoms with Crippen molar-refractivity contribution < 1.29 is 0 Å². The number of rotatable bonds is 0. The molecule has 0 spiro atoms. The molecule has 3 aromatic rings. The van der Waals surface area contributed by atoms with Gasteiger partial charge in [-0.05, 0) is 17.7 Å². The Morgan fingerprint density at radius 2 is 2.31 bits per heavy atom. The van der Waals surface area contributed by atoms with Crippen LogP contribution in [0.25, 0.3) is 16.2 Å². The highest BCUT2D eigenvalue weighted by Crippen LogP contribution is 2.37. The van der Waals surface area contributed by atoms with E-state index in [1.165, 1.54) is 16.8 Å². The Hall–Kier alpha value is -1.20. The van der Waals surface area contributed by atoms with E-state index in [1.807, 2.05) is 10.0 Å². The first-order valence-electron chi connectivity index (χ1n) is 4.93. The van der Waals surface area contributed by atoms with Crippen molar-refractivity contribution in [3.05, 3.63) is 39.4 Å². The Labute approximate surface area is 104 Å². The van der Waals surface area contributed by atoms with Gasteiger partial charge >= 0.3 is 0 Å². The molecule has 0 atom stereocenters. The fourth-order valence-corrected chi connectivity index (χ4v) is 3.28. The molecule has 16 heavy (non-hydrogen) atoms. The minimum Gasteiger partial charge on any atom is -0.217 e. The average Bonchev–Trinajstić information content (AvgIpc) is 2.87. The van der Waals surface area contributed by atoms with Gasteiger partial charge in [-0.1, -0.05) is 33.3 Å². The Kier molecular flexibility index (Phi) is 1.63. The molecule has 0 radical (unpaired) electrons. The van der Waals surface area contributed by atoms with Gasteiger partial charge in [-0.3, -0.25) is 0 Å². The lowest BCUT2D eigenvalue weighted by atomic mass is 10.1. The van der Waals surface area contributed by atoms with Crippen LogP contribution in [0.3, 0.4) is 0 Å². The highest BCUT2D eigenvalue weighted by Gasteiger charge is 2.25. The molecule has 3 nitrogen and oxygen atoms in total. The number of aromatic nitrogens is 3. The van der Waals surface area contributed by atoms with Crippen molar-refractivity contribution in [2.45, 2.75) is 6.42 Å². The molecule has 5 heteroatoms. The highest BCUT2D eigenvalue weighted by molar-refractivity contribution is 9.10. The van der Waals surface area contributed by atoms with E-state index < -0.39 is 0 Å². The molecular weight excluding hydrogens is 286 g/mol. The normalized spacial score (nSPS) is 13.1. The van der Waals surface area contributed by atoms with Gasteiger partial charge in [0.1, 0.15) is 5.51 Å². The number of hydrogen-bond donors (Lipinski definition) is 0. The van der Waals surface area contributed by atoms with Crippen LogP contribution in [0, 0.1) is 0 Å². The van der Waals surface area contributed by atoms with Gasteiger partial charge in [-0.25, -0.2) is 9.50 Å². The van der Waals surface area contributed by atoms with E-state index in [-0.39, 0.29) is 0 Å². The van der Waals surface area contributed by atoms with Crippen LogP contribution < -0.4 is 0 Å². The van der Waals surface area contributed by atoms with Gasteiger partial charge in [0.15, 0.2) is 0 Å². The fourth-order valence-electron chi connectivity index (χ4n) is 2.23. The smallest absolute Gasteiger partial charge is 0.212 e. The predicted molar refractivity (Wildman–Crippen MR) is 66.8 cm³/mol. The van der Waals surface area contributed by atoms with Crippen molar-refractivity contribution in [2.75, 3.05) is 0 Å². The largest absolute Gasteiger partial charge is 0.217 e. The van der Waals surface area contributed by atoms with E-state index in [1.54, 1.807) is 11.3 Å². The predicted octanol–water partition coefficient (Wildman–Crippen LogP) is 3.12. The molecule has 0 saturated carbocycles. The number of imidazole rings is 1. The second kappa shape index (κ2) is 2.93. The molecule has 0 N–H and O–H groups in total. The summed E-state index contributed by atoms with van der Waals surface area (Å²) in [5.41, 5.74) is 6.72. The molecule has 0 fully saturated rings. The maximum atomic E-state index is 4.63. The third-order valence-corrected chi connectivity index (χ3v) is 4.09. The topological polar surface area (TPSA) is 30.2 Å². The zero-order valence-electron chi connectivity index (χ0n) is 8.14. The van der Waals surface area contributed by atoms with Gasteiger partial charge in [0.05, 0.1) is 11.4 Å². The van der Waals surface area contributed by atoms with Crippen LogP contribution in [0.5, 0.6) is 0 Å². The number of benzene rings is 1.